The average molecular weight is 467 g/mol. The molecule has 0 heterocycles. The zero-order valence-corrected chi connectivity index (χ0v) is 18.5. The molecule has 8 heteroatoms. The number of aldehydes is 1. The molecule has 0 atom stereocenters. The Balaban J connectivity index is 2.35. The fourth-order valence-electron chi connectivity index (χ4n) is 2.78. The number of hydrogen-bond acceptors (Lipinski definition) is 4. The molecule has 150 valence electrons. The zero-order valence-electron chi connectivity index (χ0n) is 16.1. The van der Waals surface area contributed by atoms with Crippen LogP contribution in [0.15, 0.2) is 45.8 Å². The van der Waals surface area contributed by atoms with E-state index >= 15 is 0 Å². The fourth-order valence-corrected chi connectivity index (χ4v) is 4.23. The Hall–Kier alpha value is -2.19. The molecule has 0 unspecified atom stereocenters. The summed E-state index contributed by atoms with van der Waals surface area (Å²) < 4.78 is 27.9. The lowest BCUT2D eigenvalue weighted by atomic mass is 9.93. The van der Waals surface area contributed by atoms with Crippen molar-refractivity contribution in [2.75, 3.05) is 5.32 Å². The number of sulfonamides is 1. The number of rotatable bonds is 6. The minimum Gasteiger partial charge on any atom is -0.307 e. The summed E-state index contributed by atoms with van der Waals surface area (Å²) in [6.45, 7) is 7.99. The molecule has 0 spiro atoms. The highest BCUT2D eigenvalue weighted by atomic mass is 79.9. The molecule has 0 aromatic heterocycles. The average Bonchev–Trinajstić information content (AvgIpc) is 2.62. The molecule has 0 fully saturated rings. The van der Waals surface area contributed by atoms with E-state index in [4.69, 9.17) is 0 Å². The molecule has 0 aliphatic rings. The first-order valence-electron chi connectivity index (χ1n) is 8.77. The van der Waals surface area contributed by atoms with Crippen molar-refractivity contribution in [3.05, 3.63) is 57.6 Å². The maximum Gasteiger partial charge on any atom is 0.333 e. The SMILES string of the molecule is CC(C)c1cc(Br)cc(C(C)C)c1NC(=O)NS(=O)(=O)c1cccc(C=O)c1. The molecule has 28 heavy (non-hydrogen) atoms. The van der Waals surface area contributed by atoms with Crippen LogP contribution < -0.4 is 10.0 Å². The minimum atomic E-state index is -4.12. The molecule has 0 aliphatic heterocycles. The van der Waals surface area contributed by atoms with Crippen molar-refractivity contribution in [3.8, 4) is 0 Å². The van der Waals surface area contributed by atoms with Gasteiger partial charge in [-0.05, 0) is 47.2 Å². The van der Waals surface area contributed by atoms with Gasteiger partial charge in [0.05, 0.1) is 4.90 Å². The van der Waals surface area contributed by atoms with E-state index in [-0.39, 0.29) is 22.3 Å². The molecule has 2 aromatic carbocycles. The summed E-state index contributed by atoms with van der Waals surface area (Å²) in [7, 11) is -4.12. The smallest absolute Gasteiger partial charge is 0.307 e. The van der Waals surface area contributed by atoms with Crippen molar-refractivity contribution in [2.45, 2.75) is 44.4 Å². The predicted octanol–water partition coefficient (Wildman–Crippen LogP) is 5.02. The third-order valence-corrected chi connectivity index (χ3v) is 5.96. The van der Waals surface area contributed by atoms with Crippen LogP contribution in [0.4, 0.5) is 10.5 Å². The van der Waals surface area contributed by atoms with Gasteiger partial charge < -0.3 is 5.32 Å². The van der Waals surface area contributed by atoms with Crippen molar-refractivity contribution < 1.29 is 18.0 Å². The molecule has 6 nitrogen and oxygen atoms in total. The normalized spacial score (nSPS) is 11.5. The Kier molecular flexibility index (Phi) is 7.01. The molecule has 2 amide bonds. The van der Waals surface area contributed by atoms with Gasteiger partial charge in [-0.15, -0.1) is 0 Å². The third-order valence-electron chi connectivity index (χ3n) is 4.18. The van der Waals surface area contributed by atoms with Gasteiger partial charge in [0.25, 0.3) is 10.0 Å². The first-order valence-corrected chi connectivity index (χ1v) is 11.0. The summed E-state index contributed by atoms with van der Waals surface area (Å²) in [6, 6.07) is 8.42. The number of carbonyl (C=O) groups excluding carboxylic acids is 2. The Morgan fingerprint density at radius 3 is 2.11 bits per heavy atom. The predicted molar refractivity (Wildman–Crippen MR) is 113 cm³/mol. The zero-order chi connectivity index (χ0) is 21.1. The highest BCUT2D eigenvalue weighted by molar-refractivity contribution is 9.10. The highest BCUT2D eigenvalue weighted by Gasteiger charge is 2.21. The molecule has 2 rings (SSSR count). The van der Waals surface area contributed by atoms with Gasteiger partial charge in [0.2, 0.25) is 0 Å². The van der Waals surface area contributed by atoms with Gasteiger partial charge in [-0.25, -0.2) is 17.9 Å². The van der Waals surface area contributed by atoms with E-state index in [0.29, 0.717) is 12.0 Å². The van der Waals surface area contributed by atoms with Crippen molar-refractivity contribution in [1.29, 1.82) is 0 Å². The molecular weight excluding hydrogens is 444 g/mol. The van der Waals surface area contributed by atoms with Crippen LogP contribution in [0.5, 0.6) is 0 Å². The topological polar surface area (TPSA) is 92.3 Å². The molecule has 0 bridgehead atoms. The lowest BCUT2D eigenvalue weighted by molar-refractivity contribution is 0.112. The van der Waals surface area contributed by atoms with E-state index in [1.54, 1.807) is 0 Å². The largest absolute Gasteiger partial charge is 0.333 e. The summed E-state index contributed by atoms with van der Waals surface area (Å²) in [4.78, 5) is 23.2. The van der Waals surface area contributed by atoms with Crippen LogP contribution in [0.2, 0.25) is 0 Å². The lowest BCUT2D eigenvalue weighted by Crippen LogP contribution is -2.35. The van der Waals surface area contributed by atoms with Gasteiger partial charge in [-0.1, -0.05) is 55.8 Å². The summed E-state index contributed by atoms with van der Waals surface area (Å²) in [6.07, 6.45) is 0.546. The molecule has 0 aliphatic carbocycles. The van der Waals surface area contributed by atoms with Gasteiger partial charge in [-0.2, -0.15) is 0 Å². The first-order chi connectivity index (χ1) is 13.0. The van der Waals surface area contributed by atoms with Crippen molar-refractivity contribution in [1.82, 2.24) is 4.72 Å². The summed E-state index contributed by atoms with van der Waals surface area (Å²) in [5.41, 5.74) is 2.60. The van der Waals surface area contributed by atoms with Gasteiger partial charge in [0.15, 0.2) is 0 Å². The number of hydrogen-bond donors (Lipinski definition) is 2. The van der Waals surface area contributed by atoms with Crippen LogP contribution in [0.1, 0.15) is 61.0 Å². The Labute approximate surface area is 173 Å². The summed E-state index contributed by atoms with van der Waals surface area (Å²) in [5.74, 6) is 0.234. The number of benzene rings is 2. The fraction of sp³-hybridized carbons (Fsp3) is 0.300. The maximum atomic E-state index is 12.5. The summed E-state index contributed by atoms with van der Waals surface area (Å²) in [5, 5.41) is 2.70. The highest BCUT2D eigenvalue weighted by Crippen LogP contribution is 2.35. The van der Waals surface area contributed by atoms with Gasteiger partial charge >= 0.3 is 6.03 Å². The van der Waals surface area contributed by atoms with Gasteiger partial charge in [0.1, 0.15) is 6.29 Å². The van der Waals surface area contributed by atoms with Gasteiger partial charge in [-0.3, -0.25) is 4.79 Å². The van der Waals surface area contributed by atoms with E-state index in [2.05, 4.69) is 21.2 Å². The standard InChI is InChI=1S/C20H23BrN2O4S/c1-12(2)17-9-15(21)10-18(13(3)4)19(17)22-20(25)23-28(26,27)16-7-5-6-14(8-16)11-24/h5-13H,1-4H3,(H2,22,23,25). The number of anilines is 1. The van der Waals surface area contributed by atoms with Crippen molar-refractivity contribution >= 4 is 44.0 Å². The second-order valence-corrected chi connectivity index (χ2v) is 9.62. The number of amides is 2. The Morgan fingerprint density at radius 1 is 1.04 bits per heavy atom. The molecule has 0 saturated carbocycles. The second kappa shape index (κ2) is 8.87. The molecule has 0 saturated heterocycles. The molecular formula is C20H23BrN2O4S. The number of nitrogens with one attached hydrogen (secondary N) is 2. The van der Waals surface area contributed by atoms with E-state index in [0.717, 1.165) is 15.6 Å². The van der Waals surface area contributed by atoms with E-state index in [9.17, 15) is 18.0 Å². The maximum absolute atomic E-state index is 12.5. The minimum absolute atomic E-state index is 0.117. The summed E-state index contributed by atoms with van der Waals surface area (Å²) >= 11 is 3.49. The molecule has 2 N–H and O–H groups in total. The first kappa shape index (κ1) is 22.1. The van der Waals surface area contributed by atoms with Crippen LogP contribution in [-0.2, 0) is 10.0 Å². The number of carbonyl (C=O) groups is 2. The van der Waals surface area contributed by atoms with E-state index < -0.39 is 16.1 Å². The van der Waals surface area contributed by atoms with Crippen molar-refractivity contribution in [2.24, 2.45) is 0 Å². The monoisotopic (exact) mass is 466 g/mol. The lowest BCUT2D eigenvalue weighted by Gasteiger charge is -2.21. The Morgan fingerprint density at radius 2 is 1.61 bits per heavy atom. The van der Waals surface area contributed by atoms with Crippen LogP contribution in [-0.4, -0.2) is 20.7 Å². The Bertz CT molecular complexity index is 972. The number of urea groups is 1. The molecule has 0 radical (unpaired) electrons. The van der Waals surface area contributed by atoms with Crippen LogP contribution in [0.25, 0.3) is 0 Å². The van der Waals surface area contributed by atoms with Crippen LogP contribution >= 0.6 is 15.9 Å². The van der Waals surface area contributed by atoms with E-state index in [1.807, 2.05) is 44.5 Å². The van der Waals surface area contributed by atoms with Crippen molar-refractivity contribution in [3.63, 3.8) is 0 Å². The quantitative estimate of drug-likeness (QED) is 0.584. The third kappa shape index (κ3) is 5.20. The second-order valence-electron chi connectivity index (χ2n) is 7.02. The van der Waals surface area contributed by atoms with Crippen LogP contribution in [0, 0.1) is 0 Å². The van der Waals surface area contributed by atoms with E-state index in [1.165, 1.54) is 24.3 Å². The van der Waals surface area contributed by atoms with Crippen LogP contribution in [0.3, 0.4) is 0 Å². The van der Waals surface area contributed by atoms with Gasteiger partial charge in [0, 0.05) is 15.7 Å². The molecule has 2 aromatic rings. The number of halogens is 1.